The highest BCUT2D eigenvalue weighted by Crippen LogP contribution is 2.26. The average Bonchev–Trinajstić information content (AvgIpc) is 3.13. The quantitative estimate of drug-likeness (QED) is 0.700. The number of urea groups is 1. The van der Waals surface area contributed by atoms with Gasteiger partial charge < -0.3 is 20.3 Å². The van der Waals surface area contributed by atoms with Crippen LogP contribution in [0.2, 0.25) is 0 Å². The third-order valence-corrected chi connectivity index (χ3v) is 5.41. The highest BCUT2D eigenvalue weighted by molar-refractivity contribution is 5.98. The number of ether oxygens (including phenoxy) is 1. The number of amides is 3. The lowest BCUT2D eigenvalue weighted by Crippen LogP contribution is -2.48. The summed E-state index contributed by atoms with van der Waals surface area (Å²) in [5.41, 5.74) is 1.00. The maximum Gasteiger partial charge on any atom is 0.321 e. The van der Waals surface area contributed by atoms with Crippen LogP contribution in [0.4, 0.5) is 20.6 Å². The van der Waals surface area contributed by atoms with Gasteiger partial charge in [-0.25, -0.2) is 9.18 Å². The summed E-state index contributed by atoms with van der Waals surface area (Å²) in [7, 11) is 0. The van der Waals surface area contributed by atoms with Crippen molar-refractivity contribution in [2.24, 2.45) is 0 Å². The van der Waals surface area contributed by atoms with E-state index in [9.17, 15) is 14.0 Å². The van der Waals surface area contributed by atoms with Gasteiger partial charge in [-0.15, -0.1) is 0 Å². The van der Waals surface area contributed by atoms with E-state index in [1.807, 2.05) is 18.7 Å². The number of anilines is 2. The topological polar surface area (TPSA) is 82.7 Å². The van der Waals surface area contributed by atoms with E-state index in [-0.39, 0.29) is 24.1 Å². The molecule has 3 unspecified atom stereocenters. The molecular weight excluding hydrogens is 375 g/mol. The second kappa shape index (κ2) is 9.43. The first-order chi connectivity index (χ1) is 13.8. The van der Waals surface area contributed by atoms with Crippen molar-refractivity contribution < 1.29 is 18.7 Å². The van der Waals surface area contributed by atoms with Gasteiger partial charge in [-0.05, 0) is 51.8 Å². The molecule has 0 spiro atoms. The lowest BCUT2D eigenvalue weighted by molar-refractivity contribution is -0.120. The Morgan fingerprint density at radius 2 is 1.83 bits per heavy atom. The lowest BCUT2D eigenvalue weighted by Gasteiger charge is -2.37. The van der Waals surface area contributed by atoms with Crippen LogP contribution in [0.15, 0.2) is 18.2 Å². The summed E-state index contributed by atoms with van der Waals surface area (Å²) in [5.74, 6) is -0.816. The zero-order valence-corrected chi connectivity index (χ0v) is 17.3. The first-order valence-corrected chi connectivity index (χ1v) is 10.4. The van der Waals surface area contributed by atoms with Gasteiger partial charge in [0, 0.05) is 24.8 Å². The van der Waals surface area contributed by atoms with E-state index in [0.29, 0.717) is 24.5 Å². The molecule has 29 heavy (non-hydrogen) atoms. The fourth-order valence-electron chi connectivity index (χ4n) is 4.06. The van der Waals surface area contributed by atoms with E-state index in [4.69, 9.17) is 4.74 Å². The number of nitrogens with one attached hydrogen (secondary N) is 3. The fourth-order valence-corrected chi connectivity index (χ4v) is 4.06. The molecule has 160 valence electrons. The van der Waals surface area contributed by atoms with Crippen LogP contribution in [-0.4, -0.2) is 49.3 Å². The second-order valence-electron chi connectivity index (χ2n) is 8.14. The van der Waals surface area contributed by atoms with Crippen LogP contribution in [0, 0.1) is 5.82 Å². The van der Waals surface area contributed by atoms with Crippen molar-refractivity contribution in [3.8, 4) is 0 Å². The first-order valence-electron chi connectivity index (χ1n) is 10.4. The summed E-state index contributed by atoms with van der Waals surface area (Å²) in [5, 5.41) is 8.11. The Morgan fingerprint density at radius 3 is 2.45 bits per heavy atom. The molecule has 1 heterocycles. The SMILES string of the molecule is CC1CN(c2ccc(NC(C)C(=O)NC(=O)NC3CCCC3)cc2F)CC(C)O1. The van der Waals surface area contributed by atoms with Gasteiger partial charge in [-0.2, -0.15) is 0 Å². The van der Waals surface area contributed by atoms with E-state index in [1.165, 1.54) is 6.07 Å². The minimum Gasteiger partial charge on any atom is -0.374 e. The van der Waals surface area contributed by atoms with E-state index in [0.717, 1.165) is 25.7 Å². The molecule has 1 aromatic rings. The van der Waals surface area contributed by atoms with Crippen LogP contribution in [0.5, 0.6) is 0 Å². The predicted octanol–water partition coefficient (Wildman–Crippen LogP) is 3.01. The number of benzene rings is 1. The summed E-state index contributed by atoms with van der Waals surface area (Å²) in [4.78, 5) is 26.2. The van der Waals surface area contributed by atoms with Gasteiger partial charge in [0.05, 0.1) is 17.9 Å². The van der Waals surface area contributed by atoms with E-state index in [2.05, 4.69) is 16.0 Å². The Morgan fingerprint density at radius 1 is 1.17 bits per heavy atom. The number of hydrogen-bond donors (Lipinski definition) is 3. The van der Waals surface area contributed by atoms with Gasteiger partial charge >= 0.3 is 6.03 Å². The Labute approximate surface area is 171 Å². The molecule has 1 saturated heterocycles. The predicted molar refractivity (Wildman–Crippen MR) is 111 cm³/mol. The van der Waals surface area contributed by atoms with Crippen LogP contribution >= 0.6 is 0 Å². The minimum absolute atomic E-state index is 0.0371. The number of carbonyl (C=O) groups excluding carboxylic acids is 2. The molecule has 1 aliphatic heterocycles. The molecule has 7 nitrogen and oxygen atoms in total. The summed E-state index contributed by atoms with van der Waals surface area (Å²) >= 11 is 0. The average molecular weight is 407 g/mol. The Bertz CT molecular complexity index is 729. The van der Waals surface area contributed by atoms with Crippen molar-refractivity contribution in [3.63, 3.8) is 0 Å². The largest absolute Gasteiger partial charge is 0.374 e. The Balaban J connectivity index is 1.54. The number of rotatable bonds is 5. The number of carbonyl (C=O) groups is 2. The molecular formula is C21H31FN4O3. The van der Waals surface area contributed by atoms with Crippen molar-refractivity contribution in [1.82, 2.24) is 10.6 Å². The van der Waals surface area contributed by atoms with Gasteiger partial charge in [0.2, 0.25) is 5.91 Å². The molecule has 3 atom stereocenters. The third-order valence-electron chi connectivity index (χ3n) is 5.41. The molecule has 1 aromatic carbocycles. The Hall–Kier alpha value is -2.35. The van der Waals surface area contributed by atoms with Gasteiger partial charge in [-0.3, -0.25) is 10.1 Å². The van der Waals surface area contributed by atoms with Crippen LogP contribution in [-0.2, 0) is 9.53 Å². The number of nitrogens with zero attached hydrogens (tertiary/aromatic N) is 1. The summed E-state index contributed by atoms with van der Waals surface area (Å²) < 4.78 is 20.4. The molecule has 1 saturated carbocycles. The summed E-state index contributed by atoms with van der Waals surface area (Å²) in [6.07, 6.45) is 4.16. The summed E-state index contributed by atoms with van der Waals surface area (Å²) in [6.45, 7) is 6.83. The van der Waals surface area contributed by atoms with Gasteiger partial charge in [-0.1, -0.05) is 12.8 Å². The minimum atomic E-state index is -0.682. The van der Waals surface area contributed by atoms with E-state index < -0.39 is 18.0 Å². The molecule has 8 heteroatoms. The van der Waals surface area contributed by atoms with Crippen LogP contribution in [0.25, 0.3) is 0 Å². The molecule has 3 rings (SSSR count). The maximum absolute atomic E-state index is 14.7. The molecule has 2 fully saturated rings. The van der Waals surface area contributed by atoms with Crippen molar-refractivity contribution in [2.45, 2.75) is 70.7 Å². The molecule has 3 amide bonds. The monoisotopic (exact) mass is 406 g/mol. The van der Waals surface area contributed by atoms with Crippen molar-refractivity contribution in [2.75, 3.05) is 23.3 Å². The zero-order valence-electron chi connectivity index (χ0n) is 17.3. The number of morpholine rings is 1. The highest BCUT2D eigenvalue weighted by Gasteiger charge is 2.25. The second-order valence-corrected chi connectivity index (χ2v) is 8.14. The normalized spacial score (nSPS) is 23.5. The van der Waals surface area contributed by atoms with Crippen LogP contribution < -0.4 is 20.9 Å². The molecule has 2 aliphatic rings. The van der Waals surface area contributed by atoms with E-state index in [1.54, 1.807) is 19.1 Å². The van der Waals surface area contributed by atoms with Crippen LogP contribution in [0.1, 0.15) is 46.5 Å². The third kappa shape index (κ3) is 5.82. The number of imide groups is 1. The Kier molecular flexibility index (Phi) is 6.95. The number of halogens is 1. The van der Waals surface area contributed by atoms with Gasteiger partial charge in [0.25, 0.3) is 0 Å². The molecule has 0 bridgehead atoms. The fraction of sp³-hybridized carbons (Fsp3) is 0.619. The molecule has 0 radical (unpaired) electrons. The standard InChI is InChI=1S/C21H31FN4O3/c1-13-11-26(12-14(2)29-13)19-9-8-17(10-18(19)22)23-15(3)20(27)25-21(28)24-16-6-4-5-7-16/h8-10,13-16,23H,4-7,11-12H2,1-3H3,(H2,24,25,27,28). The smallest absolute Gasteiger partial charge is 0.321 e. The first kappa shape index (κ1) is 21.4. The molecule has 3 N–H and O–H groups in total. The van der Waals surface area contributed by atoms with Gasteiger partial charge in [0.15, 0.2) is 0 Å². The molecule has 0 aromatic heterocycles. The van der Waals surface area contributed by atoms with Crippen molar-refractivity contribution >= 4 is 23.3 Å². The van der Waals surface area contributed by atoms with Crippen molar-refractivity contribution in [1.29, 1.82) is 0 Å². The van der Waals surface area contributed by atoms with Crippen LogP contribution in [0.3, 0.4) is 0 Å². The van der Waals surface area contributed by atoms with Gasteiger partial charge in [0.1, 0.15) is 11.9 Å². The number of hydrogen-bond acceptors (Lipinski definition) is 5. The summed E-state index contributed by atoms with van der Waals surface area (Å²) in [6, 6.07) is 3.80. The van der Waals surface area contributed by atoms with Crippen molar-refractivity contribution in [3.05, 3.63) is 24.0 Å². The van der Waals surface area contributed by atoms with E-state index >= 15 is 0 Å². The maximum atomic E-state index is 14.7. The molecule has 1 aliphatic carbocycles. The highest BCUT2D eigenvalue weighted by atomic mass is 19.1. The lowest BCUT2D eigenvalue weighted by atomic mass is 10.1. The zero-order chi connectivity index (χ0) is 21.0.